The number of hydrogen-bond donors (Lipinski definition) is 1. The van der Waals surface area contributed by atoms with Gasteiger partial charge in [0.15, 0.2) is 0 Å². The molecular weight excluding hydrogens is 200 g/mol. The number of carbonyl (C=O) groups excluding carboxylic acids is 2. The van der Waals surface area contributed by atoms with E-state index in [1.54, 1.807) is 0 Å². The molecule has 0 aliphatic heterocycles. The van der Waals surface area contributed by atoms with Gasteiger partial charge >= 0.3 is 37.7 Å². The molecule has 0 radical (unpaired) electrons. The summed E-state index contributed by atoms with van der Waals surface area (Å²) < 4.78 is 0. The molecule has 7 nitrogen and oxygen atoms in total. The van der Waals surface area contributed by atoms with Gasteiger partial charge in [0.1, 0.15) is 0 Å². The van der Waals surface area contributed by atoms with Gasteiger partial charge in [-0.15, -0.1) is 0 Å². The molecule has 0 saturated heterocycles. The minimum absolute atomic E-state index is 0. The molecule has 0 aliphatic carbocycles. The molecule has 0 rings (SSSR count). The van der Waals surface area contributed by atoms with Crippen LogP contribution < -0.4 is 10.2 Å². The summed E-state index contributed by atoms with van der Waals surface area (Å²) in [5.41, 5.74) is 0. The van der Waals surface area contributed by atoms with Crippen molar-refractivity contribution in [1.29, 1.82) is 0 Å². The number of hydrogen-bond acceptors (Lipinski definition) is 5. The summed E-state index contributed by atoms with van der Waals surface area (Å²) in [5, 5.41) is 27.3. The Morgan fingerprint density at radius 2 is 1.58 bits per heavy atom. The summed E-state index contributed by atoms with van der Waals surface area (Å²) in [7, 11) is 0. The molecule has 0 saturated carbocycles. The van der Waals surface area contributed by atoms with Crippen LogP contribution in [0.15, 0.2) is 0 Å². The van der Waals surface area contributed by atoms with E-state index >= 15 is 0 Å². The van der Waals surface area contributed by atoms with E-state index in [1.807, 2.05) is 0 Å². The van der Waals surface area contributed by atoms with Crippen LogP contribution in [0.3, 0.4) is 0 Å². The van der Waals surface area contributed by atoms with Gasteiger partial charge in [-0.1, -0.05) is 0 Å². The molecule has 0 unspecified atom stereocenters. The molecule has 0 aromatic heterocycles. The van der Waals surface area contributed by atoms with Crippen molar-refractivity contribution in [3.8, 4) is 0 Å². The van der Waals surface area contributed by atoms with E-state index in [-0.39, 0.29) is 48.7 Å². The minimum Gasteiger partial charge on any atom is -0.550 e. The average molecular weight is 208 g/mol. The molecule has 1 atom stereocenters. The molecule has 0 heterocycles. The number of carbonyl (C=O) groups is 2. The van der Waals surface area contributed by atoms with Gasteiger partial charge in [-0.05, 0) is 0 Å². The number of aliphatic hydroxyl groups is 1. The van der Waals surface area contributed by atoms with Crippen LogP contribution in [0.4, 0.5) is 0 Å². The molecule has 0 spiro atoms. The van der Waals surface area contributed by atoms with Gasteiger partial charge in [-0.25, -0.2) is 0 Å². The molecule has 0 bridgehead atoms. The van der Waals surface area contributed by atoms with Crippen molar-refractivity contribution >= 4 is 49.7 Å². The van der Waals surface area contributed by atoms with Gasteiger partial charge in [-0.3, -0.25) is 0 Å². The quantitative estimate of drug-likeness (QED) is 0.455. The van der Waals surface area contributed by atoms with Crippen molar-refractivity contribution in [1.82, 2.24) is 0 Å². The largest absolute Gasteiger partial charge is 2.00 e. The first-order valence-corrected chi connectivity index (χ1v) is 2.13. The first-order chi connectivity index (χ1) is 4.04. The zero-order valence-electron chi connectivity index (χ0n) is 6.07. The number of carboxylic acids is 2. The maximum atomic E-state index is 9.58. The summed E-state index contributed by atoms with van der Waals surface area (Å²) in [5.74, 6) is -3.43. The van der Waals surface area contributed by atoms with E-state index in [4.69, 9.17) is 5.11 Å². The molecule has 12 heavy (non-hydrogen) atoms. The molecule has 5 N–H and O–H groups in total. The summed E-state index contributed by atoms with van der Waals surface area (Å²) in [6.07, 6.45) is -2.89. The third kappa shape index (κ3) is 12.7. The first-order valence-electron chi connectivity index (χ1n) is 2.13. The van der Waals surface area contributed by atoms with E-state index in [2.05, 4.69) is 0 Å². The van der Waals surface area contributed by atoms with Gasteiger partial charge < -0.3 is 35.9 Å². The normalized spacial score (nSPS) is 9.42. The zero-order valence-corrected chi connectivity index (χ0v) is 8.28. The monoisotopic (exact) mass is 208 g/mol. The fraction of sp³-hybridized carbons (Fsp3) is 0.500. The zero-order chi connectivity index (χ0) is 7.44. The van der Waals surface area contributed by atoms with Gasteiger partial charge in [0.25, 0.3) is 0 Å². The number of rotatable bonds is 3. The number of carboxylic acid groups (broad SMARTS) is 2. The number of aliphatic hydroxyl groups excluding tert-OH is 1. The molecular formula is C4H8CaO7. The van der Waals surface area contributed by atoms with E-state index in [0.29, 0.717) is 0 Å². The first kappa shape index (κ1) is 22.7. The Kier molecular flexibility index (Phi) is 21.0. The smallest absolute Gasteiger partial charge is 0.550 e. The Bertz CT molecular complexity index is 135. The molecule has 0 aromatic rings. The average Bonchev–Trinajstić information content (AvgIpc) is 1.63. The van der Waals surface area contributed by atoms with Crippen LogP contribution in [0, 0.1) is 0 Å². The Hall–Kier alpha value is 0.0797. The van der Waals surface area contributed by atoms with Gasteiger partial charge in [-0.2, -0.15) is 0 Å². The molecule has 0 aromatic carbocycles. The second-order valence-corrected chi connectivity index (χ2v) is 1.41. The van der Waals surface area contributed by atoms with Crippen LogP contribution in [0.5, 0.6) is 0 Å². The summed E-state index contributed by atoms with van der Waals surface area (Å²) in [6.45, 7) is 0. The second-order valence-electron chi connectivity index (χ2n) is 1.41. The van der Waals surface area contributed by atoms with Crippen molar-refractivity contribution in [2.75, 3.05) is 0 Å². The standard InChI is InChI=1S/C4H6O5.Ca.2H2O/c5-2(4(8)9)1-3(6)7;;;/h2,5H,1H2,(H,6,7)(H,8,9);;2*1H2/q;+2;;/p-2/t2-;;;/m0.../s1. The molecule has 68 valence electrons. The molecule has 8 heteroatoms. The van der Waals surface area contributed by atoms with Crippen LogP contribution >= 0.6 is 0 Å². The van der Waals surface area contributed by atoms with Gasteiger partial charge in [0, 0.05) is 12.4 Å². The van der Waals surface area contributed by atoms with Crippen LogP contribution in [-0.2, 0) is 9.59 Å². The maximum absolute atomic E-state index is 9.58. The number of aliphatic carboxylic acids is 2. The topological polar surface area (TPSA) is 163 Å². The van der Waals surface area contributed by atoms with Crippen molar-refractivity contribution in [2.45, 2.75) is 12.5 Å². The van der Waals surface area contributed by atoms with Crippen molar-refractivity contribution in [3.05, 3.63) is 0 Å². The Morgan fingerprint density at radius 3 is 1.67 bits per heavy atom. The maximum Gasteiger partial charge on any atom is 2.00 e. The Balaban J connectivity index is -0.000000107. The summed E-state index contributed by atoms with van der Waals surface area (Å²) >= 11 is 0. The van der Waals surface area contributed by atoms with Gasteiger partial charge in [0.2, 0.25) is 0 Å². The fourth-order valence-corrected chi connectivity index (χ4v) is 0.241. The summed E-state index contributed by atoms with van der Waals surface area (Å²) in [6, 6.07) is 0. The Morgan fingerprint density at radius 1 is 1.25 bits per heavy atom. The van der Waals surface area contributed by atoms with Gasteiger partial charge in [0.05, 0.1) is 12.1 Å². The van der Waals surface area contributed by atoms with E-state index in [9.17, 15) is 19.8 Å². The van der Waals surface area contributed by atoms with Crippen molar-refractivity contribution in [2.24, 2.45) is 0 Å². The van der Waals surface area contributed by atoms with Crippen LogP contribution in [-0.4, -0.2) is 71.8 Å². The van der Waals surface area contributed by atoms with E-state index in [0.717, 1.165) is 0 Å². The minimum atomic E-state index is -1.96. The third-order valence-electron chi connectivity index (χ3n) is 0.632. The predicted octanol–water partition coefficient (Wildman–Crippen LogP) is -5.79. The molecule has 0 fully saturated rings. The Labute approximate surface area is 97.6 Å². The van der Waals surface area contributed by atoms with E-state index < -0.39 is 24.5 Å². The van der Waals surface area contributed by atoms with Crippen molar-refractivity contribution in [3.63, 3.8) is 0 Å². The van der Waals surface area contributed by atoms with Crippen LogP contribution in [0.25, 0.3) is 0 Å². The third-order valence-corrected chi connectivity index (χ3v) is 0.632. The predicted molar refractivity (Wildman–Crippen MR) is 33.6 cm³/mol. The molecule has 0 aliphatic rings. The van der Waals surface area contributed by atoms with E-state index in [1.165, 1.54) is 0 Å². The second kappa shape index (κ2) is 11.1. The SMILES string of the molecule is O.O.O=C([O-])C[C@H](O)C(=O)[O-].[Ca+2]. The summed E-state index contributed by atoms with van der Waals surface area (Å²) in [4.78, 5) is 19.1. The van der Waals surface area contributed by atoms with Crippen LogP contribution in [0.1, 0.15) is 6.42 Å². The molecule has 0 amide bonds. The fourth-order valence-electron chi connectivity index (χ4n) is 0.241. The van der Waals surface area contributed by atoms with Crippen LogP contribution in [0.2, 0.25) is 0 Å². The van der Waals surface area contributed by atoms with Crippen molar-refractivity contribution < 1.29 is 35.9 Å².